The van der Waals surface area contributed by atoms with Crippen molar-refractivity contribution < 1.29 is 13.6 Å². The van der Waals surface area contributed by atoms with Crippen LogP contribution in [0.4, 0.5) is 8.78 Å². The van der Waals surface area contributed by atoms with Crippen LogP contribution >= 0.6 is 0 Å². The summed E-state index contributed by atoms with van der Waals surface area (Å²) in [4.78, 5) is 14.0. The van der Waals surface area contributed by atoms with Gasteiger partial charge >= 0.3 is 0 Å². The standard InChI is InChI=1S/C15H20F2N2O/c1-4-13-15(20)19(8-9(2)3)14(18-13)10-5-6-11(16)12(17)7-10/h5-7,9,13-14,18H,4,8H2,1-3H3. The molecule has 1 aliphatic rings. The summed E-state index contributed by atoms with van der Waals surface area (Å²) in [7, 11) is 0. The normalized spacial score (nSPS) is 22.9. The zero-order valence-electron chi connectivity index (χ0n) is 12.0. The van der Waals surface area contributed by atoms with Gasteiger partial charge in [0, 0.05) is 6.54 Å². The number of amides is 1. The molecule has 1 fully saturated rings. The molecular formula is C15H20F2N2O. The van der Waals surface area contributed by atoms with E-state index in [2.05, 4.69) is 5.32 Å². The molecule has 5 heteroatoms. The first kappa shape index (κ1) is 14.9. The van der Waals surface area contributed by atoms with Gasteiger partial charge in [-0.3, -0.25) is 10.1 Å². The number of benzene rings is 1. The van der Waals surface area contributed by atoms with Crippen molar-refractivity contribution in [2.75, 3.05) is 6.54 Å². The number of rotatable bonds is 4. The third-order valence-corrected chi connectivity index (χ3v) is 3.48. The maximum Gasteiger partial charge on any atom is 0.241 e. The Kier molecular flexibility index (Phi) is 4.38. The molecule has 0 spiro atoms. The van der Waals surface area contributed by atoms with Gasteiger partial charge in [0.05, 0.1) is 6.04 Å². The number of nitrogens with one attached hydrogen (secondary N) is 1. The number of nitrogens with zero attached hydrogens (tertiary/aromatic N) is 1. The zero-order valence-corrected chi connectivity index (χ0v) is 12.0. The van der Waals surface area contributed by atoms with Crippen LogP contribution in [0.15, 0.2) is 18.2 Å². The lowest BCUT2D eigenvalue weighted by molar-refractivity contribution is -0.130. The van der Waals surface area contributed by atoms with Crippen molar-refractivity contribution in [1.82, 2.24) is 10.2 Å². The van der Waals surface area contributed by atoms with Gasteiger partial charge in [-0.1, -0.05) is 26.8 Å². The van der Waals surface area contributed by atoms with Crippen molar-refractivity contribution in [2.24, 2.45) is 5.92 Å². The SMILES string of the molecule is CCC1NC(c2ccc(F)c(F)c2)N(CC(C)C)C1=O. The first-order chi connectivity index (χ1) is 9.43. The van der Waals surface area contributed by atoms with Crippen LogP contribution in [0.2, 0.25) is 0 Å². The van der Waals surface area contributed by atoms with E-state index in [-0.39, 0.29) is 18.1 Å². The molecule has 0 saturated carbocycles. The Morgan fingerprint density at radius 2 is 2.00 bits per heavy atom. The Labute approximate surface area is 118 Å². The molecule has 0 radical (unpaired) electrons. The van der Waals surface area contributed by atoms with Gasteiger partial charge in [0.1, 0.15) is 6.17 Å². The van der Waals surface area contributed by atoms with Crippen LogP contribution in [-0.2, 0) is 4.79 Å². The monoisotopic (exact) mass is 282 g/mol. The van der Waals surface area contributed by atoms with E-state index in [4.69, 9.17) is 0 Å². The Morgan fingerprint density at radius 3 is 2.55 bits per heavy atom. The van der Waals surface area contributed by atoms with Gasteiger partial charge in [-0.05, 0) is 30.0 Å². The molecule has 1 saturated heterocycles. The van der Waals surface area contributed by atoms with Gasteiger partial charge in [0.2, 0.25) is 5.91 Å². The molecule has 1 heterocycles. The van der Waals surface area contributed by atoms with Crippen LogP contribution < -0.4 is 5.32 Å². The second kappa shape index (κ2) is 5.87. The summed E-state index contributed by atoms with van der Waals surface area (Å²) in [5.74, 6) is -1.43. The lowest BCUT2D eigenvalue weighted by Gasteiger charge is -2.26. The van der Waals surface area contributed by atoms with E-state index in [0.717, 1.165) is 12.1 Å². The fraction of sp³-hybridized carbons (Fsp3) is 0.533. The third-order valence-electron chi connectivity index (χ3n) is 3.48. The molecule has 1 N–H and O–H groups in total. The quantitative estimate of drug-likeness (QED) is 0.921. The fourth-order valence-corrected chi connectivity index (χ4v) is 2.52. The van der Waals surface area contributed by atoms with Gasteiger partial charge in [-0.15, -0.1) is 0 Å². The van der Waals surface area contributed by atoms with E-state index < -0.39 is 11.6 Å². The van der Waals surface area contributed by atoms with Crippen molar-refractivity contribution in [3.8, 4) is 0 Å². The predicted octanol–water partition coefficient (Wildman–Crippen LogP) is 2.83. The number of hydrogen-bond acceptors (Lipinski definition) is 2. The first-order valence-electron chi connectivity index (χ1n) is 6.95. The fourth-order valence-electron chi connectivity index (χ4n) is 2.52. The minimum Gasteiger partial charge on any atom is -0.321 e. The van der Waals surface area contributed by atoms with Gasteiger partial charge in [0.25, 0.3) is 0 Å². The molecule has 0 aliphatic carbocycles. The highest BCUT2D eigenvalue weighted by molar-refractivity contribution is 5.84. The minimum atomic E-state index is -0.888. The van der Waals surface area contributed by atoms with Crippen LogP contribution in [0.25, 0.3) is 0 Å². The smallest absolute Gasteiger partial charge is 0.241 e. The topological polar surface area (TPSA) is 32.3 Å². The molecule has 1 aromatic carbocycles. The lowest BCUT2D eigenvalue weighted by Crippen LogP contribution is -2.34. The summed E-state index contributed by atoms with van der Waals surface area (Å²) in [6.45, 7) is 6.56. The van der Waals surface area contributed by atoms with Crippen molar-refractivity contribution in [3.63, 3.8) is 0 Å². The molecule has 0 bridgehead atoms. The minimum absolute atomic E-state index is 0.0240. The van der Waals surface area contributed by atoms with E-state index in [9.17, 15) is 13.6 Å². The molecule has 3 nitrogen and oxygen atoms in total. The van der Waals surface area contributed by atoms with Crippen molar-refractivity contribution in [2.45, 2.75) is 39.4 Å². The first-order valence-corrected chi connectivity index (χ1v) is 6.95. The molecule has 110 valence electrons. The van der Waals surface area contributed by atoms with Crippen molar-refractivity contribution in [1.29, 1.82) is 0 Å². The maximum absolute atomic E-state index is 13.4. The van der Waals surface area contributed by atoms with Gasteiger partial charge in [-0.25, -0.2) is 8.78 Å². The van der Waals surface area contributed by atoms with Gasteiger partial charge in [0.15, 0.2) is 11.6 Å². The molecule has 1 amide bonds. The largest absolute Gasteiger partial charge is 0.321 e. The molecule has 0 aromatic heterocycles. The van der Waals surface area contributed by atoms with Gasteiger partial charge in [-0.2, -0.15) is 0 Å². The van der Waals surface area contributed by atoms with E-state index in [1.807, 2.05) is 20.8 Å². The van der Waals surface area contributed by atoms with Gasteiger partial charge < -0.3 is 4.90 Å². The highest BCUT2D eigenvalue weighted by atomic mass is 19.2. The summed E-state index contributed by atoms with van der Waals surface area (Å²) in [6, 6.07) is 3.52. The summed E-state index contributed by atoms with van der Waals surface area (Å²) in [5.41, 5.74) is 0.578. The molecule has 1 aliphatic heterocycles. The Bertz CT molecular complexity index is 505. The molecule has 1 aromatic rings. The second-order valence-electron chi connectivity index (χ2n) is 5.59. The van der Waals surface area contributed by atoms with Crippen LogP contribution in [0.1, 0.15) is 38.9 Å². The van der Waals surface area contributed by atoms with E-state index >= 15 is 0 Å². The number of carbonyl (C=O) groups excluding carboxylic acids is 1. The average Bonchev–Trinajstić information content (AvgIpc) is 2.70. The Morgan fingerprint density at radius 1 is 1.30 bits per heavy atom. The summed E-state index contributed by atoms with van der Waals surface area (Å²) in [5, 5.41) is 3.20. The Hall–Kier alpha value is -1.49. The molecule has 2 atom stereocenters. The lowest BCUT2D eigenvalue weighted by atomic mass is 10.1. The summed E-state index contributed by atoms with van der Waals surface area (Å²) >= 11 is 0. The summed E-state index contributed by atoms with van der Waals surface area (Å²) < 4.78 is 26.4. The third kappa shape index (κ3) is 2.82. The molecular weight excluding hydrogens is 262 g/mol. The van der Waals surface area contributed by atoms with Crippen LogP contribution in [-0.4, -0.2) is 23.4 Å². The number of hydrogen-bond donors (Lipinski definition) is 1. The van der Waals surface area contributed by atoms with E-state index in [1.54, 1.807) is 4.90 Å². The van der Waals surface area contributed by atoms with Crippen molar-refractivity contribution >= 4 is 5.91 Å². The van der Waals surface area contributed by atoms with Crippen LogP contribution in [0.3, 0.4) is 0 Å². The number of halogens is 2. The second-order valence-corrected chi connectivity index (χ2v) is 5.59. The Balaban J connectivity index is 2.31. The highest BCUT2D eigenvalue weighted by Gasteiger charge is 2.38. The molecule has 2 unspecified atom stereocenters. The molecule has 2 rings (SSSR count). The van der Waals surface area contributed by atoms with E-state index in [1.165, 1.54) is 6.07 Å². The van der Waals surface area contributed by atoms with Crippen LogP contribution in [0, 0.1) is 17.6 Å². The molecule has 20 heavy (non-hydrogen) atoms. The maximum atomic E-state index is 13.4. The predicted molar refractivity (Wildman–Crippen MR) is 72.9 cm³/mol. The zero-order chi connectivity index (χ0) is 14.9. The van der Waals surface area contributed by atoms with Crippen molar-refractivity contribution in [3.05, 3.63) is 35.4 Å². The summed E-state index contributed by atoms with van der Waals surface area (Å²) in [6.07, 6.45) is 0.290. The highest BCUT2D eigenvalue weighted by Crippen LogP contribution is 2.28. The van der Waals surface area contributed by atoms with Crippen LogP contribution in [0.5, 0.6) is 0 Å². The average molecular weight is 282 g/mol. The van der Waals surface area contributed by atoms with E-state index in [0.29, 0.717) is 24.4 Å². The number of carbonyl (C=O) groups is 1.